The van der Waals surface area contributed by atoms with Crippen LogP contribution in [0, 0.1) is 0 Å². The molecule has 8 heteroatoms. The number of aryl methyl sites for hydroxylation is 1. The molecule has 1 amide bonds. The number of rotatable bonds is 10. The second-order valence-electron chi connectivity index (χ2n) is 8.29. The Morgan fingerprint density at radius 2 is 1.74 bits per heavy atom. The first kappa shape index (κ1) is 24.1. The zero-order valence-corrected chi connectivity index (χ0v) is 19.9. The lowest BCUT2D eigenvalue weighted by Gasteiger charge is -2.25. The number of amides is 1. The number of imidazole rings is 1. The number of aliphatic hydroxyl groups excluding tert-OH is 1. The van der Waals surface area contributed by atoms with Gasteiger partial charge >= 0.3 is 0 Å². The molecule has 3 aromatic rings. The third-order valence-electron chi connectivity index (χ3n) is 5.95. The molecular formula is C27H29N3O5. The molecule has 2 aromatic carbocycles. The van der Waals surface area contributed by atoms with Crippen LogP contribution < -0.4 is 9.47 Å². The van der Waals surface area contributed by atoms with Gasteiger partial charge in [-0.1, -0.05) is 19.1 Å². The summed E-state index contributed by atoms with van der Waals surface area (Å²) in [6, 6.07) is 13.3. The number of carbonyl (C=O) groups is 2. The van der Waals surface area contributed by atoms with Crippen molar-refractivity contribution in [2.45, 2.75) is 32.4 Å². The van der Waals surface area contributed by atoms with Crippen LogP contribution in [0.3, 0.4) is 0 Å². The molecule has 1 aliphatic heterocycles. The van der Waals surface area contributed by atoms with Gasteiger partial charge in [0, 0.05) is 31.0 Å². The van der Waals surface area contributed by atoms with E-state index in [0.29, 0.717) is 43.2 Å². The molecule has 0 saturated carbocycles. The summed E-state index contributed by atoms with van der Waals surface area (Å²) in [7, 11) is 1.55. The molecule has 1 aliphatic rings. The fourth-order valence-corrected chi connectivity index (χ4v) is 4.17. The van der Waals surface area contributed by atoms with Crippen molar-refractivity contribution in [1.29, 1.82) is 0 Å². The van der Waals surface area contributed by atoms with Crippen molar-refractivity contribution < 1.29 is 24.2 Å². The molecule has 35 heavy (non-hydrogen) atoms. The van der Waals surface area contributed by atoms with Gasteiger partial charge in [0.2, 0.25) is 0 Å². The number of methoxy groups -OCH3 is 1. The molecule has 1 N–H and O–H groups in total. The van der Waals surface area contributed by atoms with Crippen molar-refractivity contribution in [3.8, 4) is 11.5 Å². The van der Waals surface area contributed by atoms with Crippen molar-refractivity contribution in [1.82, 2.24) is 14.5 Å². The molecule has 0 unspecified atom stereocenters. The molecule has 1 atom stereocenters. The van der Waals surface area contributed by atoms with Crippen LogP contribution in [-0.2, 0) is 16.1 Å². The van der Waals surface area contributed by atoms with E-state index in [9.17, 15) is 14.7 Å². The van der Waals surface area contributed by atoms with Gasteiger partial charge in [0.25, 0.3) is 11.7 Å². The Morgan fingerprint density at radius 1 is 1.03 bits per heavy atom. The third-order valence-corrected chi connectivity index (χ3v) is 5.95. The van der Waals surface area contributed by atoms with Crippen molar-refractivity contribution >= 4 is 17.4 Å². The Labute approximate surface area is 204 Å². The number of ether oxygens (including phenoxy) is 2. The van der Waals surface area contributed by atoms with E-state index in [0.717, 1.165) is 12.0 Å². The largest absolute Gasteiger partial charge is 0.507 e. The quantitative estimate of drug-likeness (QED) is 0.268. The van der Waals surface area contributed by atoms with Crippen LogP contribution in [0.2, 0.25) is 0 Å². The first-order chi connectivity index (χ1) is 17.0. The van der Waals surface area contributed by atoms with Gasteiger partial charge in [-0.2, -0.15) is 0 Å². The normalized spacial score (nSPS) is 17.1. The number of hydrogen-bond donors (Lipinski definition) is 1. The van der Waals surface area contributed by atoms with Crippen molar-refractivity contribution in [2.75, 3.05) is 20.3 Å². The molecule has 182 valence electrons. The van der Waals surface area contributed by atoms with Gasteiger partial charge in [-0.15, -0.1) is 0 Å². The van der Waals surface area contributed by atoms with Crippen LogP contribution >= 0.6 is 0 Å². The number of aliphatic hydroxyl groups is 1. The Kier molecular flexibility index (Phi) is 7.50. The van der Waals surface area contributed by atoms with E-state index < -0.39 is 17.7 Å². The SMILES string of the molecule is CCCOc1ccc([C@H]2C(=C(O)c3ccc(OC)cc3)C(=O)C(=O)N2CCCn2ccnc2)cc1. The number of aromatic nitrogens is 2. The van der Waals surface area contributed by atoms with Gasteiger partial charge in [0.1, 0.15) is 17.3 Å². The van der Waals surface area contributed by atoms with Crippen LogP contribution in [-0.4, -0.2) is 51.5 Å². The van der Waals surface area contributed by atoms with Gasteiger partial charge in [-0.25, -0.2) is 4.98 Å². The molecule has 0 radical (unpaired) electrons. The van der Waals surface area contributed by atoms with Gasteiger partial charge in [0.15, 0.2) is 0 Å². The molecule has 1 aromatic heterocycles. The number of nitrogens with zero attached hydrogens (tertiary/aromatic N) is 3. The molecule has 2 heterocycles. The maximum absolute atomic E-state index is 13.2. The summed E-state index contributed by atoms with van der Waals surface area (Å²) in [6.07, 6.45) is 6.78. The van der Waals surface area contributed by atoms with Crippen LogP contribution in [0.4, 0.5) is 0 Å². The highest BCUT2D eigenvalue weighted by atomic mass is 16.5. The van der Waals surface area contributed by atoms with E-state index in [4.69, 9.17) is 9.47 Å². The predicted octanol–water partition coefficient (Wildman–Crippen LogP) is 4.19. The number of hydrogen-bond acceptors (Lipinski definition) is 6. The van der Waals surface area contributed by atoms with Gasteiger partial charge < -0.3 is 24.0 Å². The second-order valence-corrected chi connectivity index (χ2v) is 8.29. The fourth-order valence-electron chi connectivity index (χ4n) is 4.17. The van der Waals surface area contributed by atoms with E-state index in [2.05, 4.69) is 4.98 Å². The van der Waals surface area contributed by atoms with E-state index in [-0.39, 0.29) is 11.3 Å². The maximum Gasteiger partial charge on any atom is 0.295 e. The fraction of sp³-hybridized carbons (Fsp3) is 0.296. The molecule has 0 aliphatic carbocycles. The zero-order chi connectivity index (χ0) is 24.8. The minimum Gasteiger partial charge on any atom is -0.507 e. The summed E-state index contributed by atoms with van der Waals surface area (Å²) >= 11 is 0. The van der Waals surface area contributed by atoms with Crippen molar-refractivity contribution in [3.05, 3.63) is 84.0 Å². The summed E-state index contributed by atoms with van der Waals surface area (Å²) in [5.74, 6) is -0.192. The molecule has 1 saturated heterocycles. The Balaban J connectivity index is 1.69. The Hall–Kier alpha value is -4.07. The first-order valence-corrected chi connectivity index (χ1v) is 11.6. The monoisotopic (exact) mass is 475 g/mol. The van der Waals surface area contributed by atoms with Crippen molar-refractivity contribution in [2.24, 2.45) is 0 Å². The number of likely N-dealkylation sites (tertiary alicyclic amines) is 1. The third kappa shape index (κ3) is 5.21. The molecule has 8 nitrogen and oxygen atoms in total. The average Bonchev–Trinajstić information content (AvgIpc) is 3.50. The van der Waals surface area contributed by atoms with Crippen LogP contribution in [0.15, 0.2) is 72.8 Å². The number of benzene rings is 2. The minimum atomic E-state index is -0.708. The van der Waals surface area contributed by atoms with Gasteiger partial charge in [0.05, 0.1) is 31.7 Å². The lowest BCUT2D eigenvalue weighted by molar-refractivity contribution is -0.139. The van der Waals surface area contributed by atoms with Gasteiger partial charge in [-0.3, -0.25) is 9.59 Å². The highest BCUT2D eigenvalue weighted by Gasteiger charge is 2.45. The standard InChI is InChI=1S/C27H29N3O5/c1-3-17-35-22-11-5-19(6-12-22)24-23(25(31)20-7-9-21(34-2)10-8-20)26(32)27(33)30(24)15-4-14-29-16-13-28-18-29/h5-13,16,18,24,31H,3-4,14-15,17H2,1-2H3/t24-/m0/s1. The molecule has 0 bridgehead atoms. The Bertz CT molecular complexity index is 1180. The summed E-state index contributed by atoms with van der Waals surface area (Å²) in [4.78, 5) is 31.8. The zero-order valence-electron chi connectivity index (χ0n) is 19.9. The van der Waals surface area contributed by atoms with Crippen LogP contribution in [0.1, 0.15) is 36.9 Å². The lowest BCUT2D eigenvalue weighted by atomic mass is 9.95. The van der Waals surface area contributed by atoms with Crippen molar-refractivity contribution in [3.63, 3.8) is 0 Å². The summed E-state index contributed by atoms with van der Waals surface area (Å²) in [6.45, 7) is 3.63. The summed E-state index contributed by atoms with van der Waals surface area (Å²) < 4.78 is 12.8. The highest BCUT2D eigenvalue weighted by Crippen LogP contribution is 2.40. The lowest BCUT2D eigenvalue weighted by Crippen LogP contribution is -2.31. The highest BCUT2D eigenvalue weighted by molar-refractivity contribution is 6.46. The molecule has 0 spiro atoms. The molecular weight excluding hydrogens is 446 g/mol. The maximum atomic E-state index is 13.2. The summed E-state index contributed by atoms with van der Waals surface area (Å²) in [5.41, 5.74) is 1.24. The number of ketones is 1. The van der Waals surface area contributed by atoms with Crippen LogP contribution in [0.5, 0.6) is 11.5 Å². The van der Waals surface area contributed by atoms with E-state index >= 15 is 0 Å². The van der Waals surface area contributed by atoms with Crippen LogP contribution in [0.25, 0.3) is 5.76 Å². The topological polar surface area (TPSA) is 93.9 Å². The number of Topliss-reactive ketones (excluding diaryl/α,β-unsaturated/α-hetero) is 1. The van der Waals surface area contributed by atoms with E-state index in [1.807, 2.05) is 42.0 Å². The second kappa shape index (κ2) is 10.9. The van der Waals surface area contributed by atoms with E-state index in [1.54, 1.807) is 43.9 Å². The van der Waals surface area contributed by atoms with E-state index in [1.165, 1.54) is 4.90 Å². The average molecular weight is 476 g/mol. The van der Waals surface area contributed by atoms with Gasteiger partial charge in [-0.05, 0) is 54.8 Å². The molecule has 1 fully saturated rings. The minimum absolute atomic E-state index is 0.0741. The Morgan fingerprint density at radius 3 is 2.37 bits per heavy atom. The predicted molar refractivity (Wildman–Crippen MR) is 131 cm³/mol. The smallest absolute Gasteiger partial charge is 0.295 e. The summed E-state index contributed by atoms with van der Waals surface area (Å²) in [5, 5.41) is 11.2. The molecule has 4 rings (SSSR count). The first-order valence-electron chi connectivity index (χ1n) is 11.6. The number of carbonyl (C=O) groups excluding carboxylic acids is 2.